The molecule has 0 aliphatic rings. The molecule has 0 saturated carbocycles. The Labute approximate surface area is 302 Å². The highest BCUT2D eigenvalue weighted by molar-refractivity contribution is 6.09. The Morgan fingerprint density at radius 1 is 0.647 bits per heavy atom. The minimum absolute atomic E-state index is 0.783. The first-order chi connectivity index (χ1) is 24.9. The molecule has 51 heavy (non-hydrogen) atoms. The van der Waals surface area contributed by atoms with Crippen molar-refractivity contribution < 1.29 is 4.74 Å². The molecule has 0 N–H and O–H groups in total. The van der Waals surface area contributed by atoms with Crippen LogP contribution in [0.2, 0.25) is 0 Å². The second-order valence-electron chi connectivity index (χ2n) is 14.2. The molecule has 0 unspecified atom stereocenters. The van der Waals surface area contributed by atoms with Gasteiger partial charge in [0.15, 0.2) is 0 Å². The van der Waals surface area contributed by atoms with Crippen molar-refractivity contribution >= 4 is 21.8 Å². The number of hydrogen-bond donors (Lipinski definition) is 0. The van der Waals surface area contributed by atoms with Crippen LogP contribution in [0.1, 0.15) is 86.0 Å². The molecule has 7 rings (SSSR count). The summed E-state index contributed by atoms with van der Waals surface area (Å²) in [6.45, 7) is 13.3. The maximum Gasteiger partial charge on any atom is 0.137 e. The van der Waals surface area contributed by atoms with E-state index in [0.717, 1.165) is 59.7 Å². The van der Waals surface area contributed by atoms with Gasteiger partial charge in [0.1, 0.15) is 17.3 Å². The molecule has 260 valence electrons. The first kappa shape index (κ1) is 34.3. The molecule has 3 aromatic heterocycles. The summed E-state index contributed by atoms with van der Waals surface area (Å²) in [6, 6.07) is 32.2. The van der Waals surface area contributed by atoms with Gasteiger partial charge in [0.25, 0.3) is 0 Å². The lowest BCUT2D eigenvalue weighted by Gasteiger charge is -2.14. The van der Waals surface area contributed by atoms with Crippen LogP contribution in [0.3, 0.4) is 0 Å². The van der Waals surface area contributed by atoms with E-state index >= 15 is 0 Å². The molecule has 3 heterocycles. The zero-order valence-electron chi connectivity index (χ0n) is 31.1. The number of rotatable bonds is 13. The summed E-state index contributed by atoms with van der Waals surface area (Å²) in [6.07, 6.45) is 11.0. The minimum atomic E-state index is 0.783. The number of unbranched alkanes of at least 4 members (excludes halogenated alkanes) is 4. The number of nitrogens with zero attached hydrogens (tertiary/aromatic N) is 4. The van der Waals surface area contributed by atoms with Gasteiger partial charge < -0.3 is 4.74 Å². The van der Waals surface area contributed by atoms with Crippen molar-refractivity contribution in [3.63, 3.8) is 0 Å². The van der Waals surface area contributed by atoms with Gasteiger partial charge in [0, 0.05) is 34.7 Å². The molecule has 0 amide bonds. The standard InChI is InChI=1S/C46H50N4O/c1-7-9-10-11-12-21-43-46(35-27-32(4)34(6)33(5)28-35)41(16-8-2)48-50(43)36-17-15-18-37(29-36)51-38-22-23-40-39-19-13-14-20-42(39)49(44(40)30-38)45-26-31(3)24-25-47-45/h13-15,17-20,22-30H,7-12,16,21H2,1-6H3. The molecule has 5 heteroatoms. The fourth-order valence-electron chi connectivity index (χ4n) is 7.49. The lowest BCUT2D eigenvalue weighted by Crippen LogP contribution is -2.04. The Bertz CT molecular complexity index is 2300. The second-order valence-corrected chi connectivity index (χ2v) is 14.2. The Hall–Kier alpha value is -5.16. The summed E-state index contributed by atoms with van der Waals surface area (Å²) < 4.78 is 11.1. The highest BCUT2D eigenvalue weighted by Gasteiger charge is 2.21. The van der Waals surface area contributed by atoms with Gasteiger partial charge in [-0.05, 0) is 117 Å². The normalized spacial score (nSPS) is 11.6. The number of pyridine rings is 1. The first-order valence-corrected chi connectivity index (χ1v) is 18.8. The highest BCUT2D eigenvalue weighted by atomic mass is 16.5. The van der Waals surface area contributed by atoms with E-state index in [9.17, 15) is 0 Å². The van der Waals surface area contributed by atoms with E-state index in [1.807, 2.05) is 18.3 Å². The van der Waals surface area contributed by atoms with Gasteiger partial charge in [0.2, 0.25) is 0 Å². The molecule has 0 spiro atoms. The average molecular weight is 675 g/mol. The fourth-order valence-corrected chi connectivity index (χ4v) is 7.49. The predicted octanol–water partition coefficient (Wildman–Crippen LogP) is 12.5. The van der Waals surface area contributed by atoms with E-state index in [0.29, 0.717) is 0 Å². The lowest BCUT2D eigenvalue weighted by atomic mass is 9.93. The van der Waals surface area contributed by atoms with E-state index in [1.54, 1.807) is 0 Å². The van der Waals surface area contributed by atoms with Gasteiger partial charge >= 0.3 is 0 Å². The Morgan fingerprint density at radius 2 is 1.41 bits per heavy atom. The molecule has 0 bridgehead atoms. The predicted molar refractivity (Wildman–Crippen MR) is 213 cm³/mol. The largest absolute Gasteiger partial charge is 0.457 e. The second kappa shape index (κ2) is 15.0. The van der Waals surface area contributed by atoms with Crippen LogP contribution in [0.4, 0.5) is 0 Å². The number of hydrogen-bond acceptors (Lipinski definition) is 3. The molecular weight excluding hydrogens is 625 g/mol. The van der Waals surface area contributed by atoms with Crippen LogP contribution in [0.15, 0.2) is 97.2 Å². The number of aromatic nitrogens is 4. The third-order valence-electron chi connectivity index (χ3n) is 10.3. The zero-order chi connectivity index (χ0) is 35.5. The van der Waals surface area contributed by atoms with Crippen molar-refractivity contribution in [1.82, 2.24) is 19.3 Å². The number of fused-ring (bicyclic) bond motifs is 3. The van der Waals surface area contributed by atoms with E-state index < -0.39 is 0 Å². The lowest BCUT2D eigenvalue weighted by molar-refractivity contribution is 0.482. The van der Waals surface area contributed by atoms with E-state index in [1.165, 1.54) is 81.2 Å². The van der Waals surface area contributed by atoms with Crippen molar-refractivity contribution in [2.24, 2.45) is 0 Å². The van der Waals surface area contributed by atoms with Crippen LogP contribution in [0.5, 0.6) is 11.5 Å². The summed E-state index contributed by atoms with van der Waals surface area (Å²) >= 11 is 0. The van der Waals surface area contributed by atoms with Gasteiger partial charge in [-0.1, -0.05) is 82.3 Å². The first-order valence-electron chi connectivity index (χ1n) is 18.8. The molecule has 0 atom stereocenters. The average Bonchev–Trinajstić information content (AvgIpc) is 3.65. The molecule has 7 aromatic rings. The summed E-state index contributed by atoms with van der Waals surface area (Å²) in [4.78, 5) is 4.76. The van der Waals surface area contributed by atoms with Crippen molar-refractivity contribution in [2.75, 3.05) is 0 Å². The Kier molecular flexibility index (Phi) is 10.1. The molecule has 0 fully saturated rings. The van der Waals surface area contributed by atoms with Crippen LogP contribution >= 0.6 is 0 Å². The molecule has 0 radical (unpaired) electrons. The topological polar surface area (TPSA) is 44.9 Å². The maximum absolute atomic E-state index is 6.66. The quantitative estimate of drug-likeness (QED) is 0.114. The van der Waals surface area contributed by atoms with Gasteiger partial charge in [-0.3, -0.25) is 4.57 Å². The fraction of sp³-hybridized carbons (Fsp3) is 0.304. The minimum Gasteiger partial charge on any atom is -0.457 e. The Morgan fingerprint density at radius 3 is 2.20 bits per heavy atom. The molecule has 0 aliphatic heterocycles. The zero-order valence-corrected chi connectivity index (χ0v) is 31.1. The van der Waals surface area contributed by atoms with Gasteiger partial charge in [-0.15, -0.1) is 0 Å². The van der Waals surface area contributed by atoms with Gasteiger partial charge in [-0.25, -0.2) is 9.67 Å². The number of para-hydroxylation sites is 1. The van der Waals surface area contributed by atoms with Gasteiger partial charge in [0.05, 0.1) is 28.1 Å². The number of aryl methyl sites for hydroxylation is 4. The third kappa shape index (κ3) is 6.95. The molecule has 4 aromatic carbocycles. The van der Waals surface area contributed by atoms with Crippen molar-refractivity contribution in [1.29, 1.82) is 0 Å². The molecule has 0 aliphatic carbocycles. The van der Waals surface area contributed by atoms with Crippen LogP contribution in [-0.4, -0.2) is 19.3 Å². The smallest absolute Gasteiger partial charge is 0.137 e. The number of benzene rings is 4. The molecular formula is C46H50N4O. The highest BCUT2D eigenvalue weighted by Crippen LogP contribution is 2.37. The summed E-state index contributed by atoms with van der Waals surface area (Å²) in [7, 11) is 0. The Balaban J connectivity index is 1.29. The van der Waals surface area contributed by atoms with Crippen LogP contribution in [0.25, 0.3) is 44.4 Å². The van der Waals surface area contributed by atoms with Crippen LogP contribution in [0, 0.1) is 27.7 Å². The van der Waals surface area contributed by atoms with Crippen LogP contribution < -0.4 is 4.74 Å². The molecule has 5 nitrogen and oxygen atoms in total. The monoisotopic (exact) mass is 674 g/mol. The molecule has 0 saturated heterocycles. The third-order valence-corrected chi connectivity index (χ3v) is 10.3. The van der Waals surface area contributed by atoms with E-state index in [4.69, 9.17) is 14.8 Å². The van der Waals surface area contributed by atoms with Crippen molar-refractivity contribution in [2.45, 2.75) is 92.9 Å². The van der Waals surface area contributed by atoms with Crippen LogP contribution in [-0.2, 0) is 12.8 Å². The van der Waals surface area contributed by atoms with E-state index in [2.05, 4.69) is 130 Å². The summed E-state index contributed by atoms with van der Waals surface area (Å²) in [5.41, 5.74) is 13.5. The van der Waals surface area contributed by atoms with Crippen molar-refractivity contribution in [3.8, 4) is 34.1 Å². The SMILES string of the molecule is CCCCCCCc1c(-c2cc(C)c(C)c(C)c2)c(CCC)nn1-c1cccc(Oc2ccc3c4ccccc4n(-c4cc(C)ccn4)c3c2)c1. The van der Waals surface area contributed by atoms with Crippen molar-refractivity contribution in [3.05, 3.63) is 131 Å². The van der Waals surface area contributed by atoms with Gasteiger partial charge in [-0.2, -0.15) is 5.10 Å². The van der Waals surface area contributed by atoms with E-state index in [-0.39, 0.29) is 0 Å². The maximum atomic E-state index is 6.66. The summed E-state index contributed by atoms with van der Waals surface area (Å²) in [5.74, 6) is 2.47. The number of ether oxygens (including phenoxy) is 1. The summed E-state index contributed by atoms with van der Waals surface area (Å²) in [5, 5.41) is 7.73.